The SMILES string of the molecule is C=CCN1[C@H]2CCC[C@H]1CC(NC(=S)Nc1cc(C)cc(C)c1)C2. The predicted molar refractivity (Wildman–Crippen MR) is 107 cm³/mol. The number of anilines is 1. The minimum atomic E-state index is 0.479. The molecule has 130 valence electrons. The third kappa shape index (κ3) is 4.17. The van der Waals surface area contributed by atoms with Crippen LogP contribution in [0.2, 0.25) is 0 Å². The molecular formula is C20H29N3S. The van der Waals surface area contributed by atoms with E-state index in [0.29, 0.717) is 18.1 Å². The van der Waals surface area contributed by atoms with E-state index in [1.807, 2.05) is 6.08 Å². The fourth-order valence-electron chi connectivity index (χ4n) is 4.44. The van der Waals surface area contributed by atoms with Crippen LogP contribution in [0.1, 0.15) is 43.2 Å². The average Bonchev–Trinajstić information content (AvgIpc) is 2.47. The monoisotopic (exact) mass is 343 g/mol. The van der Waals surface area contributed by atoms with Crippen molar-refractivity contribution in [1.29, 1.82) is 0 Å². The van der Waals surface area contributed by atoms with Gasteiger partial charge in [0.25, 0.3) is 0 Å². The lowest BCUT2D eigenvalue weighted by atomic mass is 9.82. The third-order valence-electron chi connectivity index (χ3n) is 5.28. The van der Waals surface area contributed by atoms with Gasteiger partial charge < -0.3 is 10.6 Å². The van der Waals surface area contributed by atoms with Gasteiger partial charge in [-0.2, -0.15) is 0 Å². The normalized spacial score (nSPS) is 26.7. The molecule has 3 nitrogen and oxygen atoms in total. The van der Waals surface area contributed by atoms with Gasteiger partial charge in [-0.05, 0) is 75.0 Å². The van der Waals surface area contributed by atoms with Crippen LogP contribution in [-0.2, 0) is 0 Å². The zero-order valence-corrected chi connectivity index (χ0v) is 15.7. The minimum Gasteiger partial charge on any atom is -0.360 e. The van der Waals surface area contributed by atoms with Crippen LogP contribution in [0.15, 0.2) is 30.9 Å². The smallest absolute Gasteiger partial charge is 0.170 e. The molecule has 2 atom stereocenters. The highest BCUT2D eigenvalue weighted by molar-refractivity contribution is 7.80. The summed E-state index contributed by atoms with van der Waals surface area (Å²) in [7, 11) is 0. The molecule has 2 bridgehead atoms. The van der Waals surface area contributed by atoms with Crippen LogP contribution in [0.5, 0.6) is 0 Å². The molecule has 2 N–H and O–H groups in total. The summed E-state index contributed by atoms with van der Waals surface area (Å²) in [6.45, 7) is 9.18. The molecule has 1 aromatic carbocycles. The van der Waals surface area contributed by atoms with E-state index in [2.05, 4.69) is 54.2 Å². The molecule has 1 aromatic rings. The number of nitrogens with one attached hydrogen (secondary N) is 2. The Kier molecular flexibility index (Phi) is 5.57. The highest BCUT2D eigenvalue weighted by Gasteiger charge is 2.37. The van der Waals surface area contributed by atoms with Crippen molar-refractivity contribution in [2.75, 3.05) is 11.9 Å². The van der Waals surface area contributed by atoms with Crippen LogP contribution in [0.4, 0.5) is 5.69 Å². The maximum atomic E-state index is 5.56. The van der Waals surface area contributed by atoms with E-state index in [1.165, 1.54) is 43.2 Å². The largest absolute Gasteiger partial charge is 0.360 e. The van der Waals surface area contributed by atoms with E-state index in [9.17, 15) is 0 Å². The summed E-state index contributed by atoms with van der Waals surface area (Å²) in [5.41, 5.74) is 3.59. The second-order valence-corrected chi connectivity index (χ2v) is 7.78. The van der Waals surface area contributed by atoms with Crippen LogP contribution in [0, 0.1) is 13.8 Å². The van der Waals surface area contributed by atoms with Crippen molar-refractivity contribution >= 4 is 23.0 Å². The number of nitrogens with zero attached hydrogens (tertiary/aromatic N) is 1. The van der Waals surface area contributed by atoms with Crippen LogP contribution in [0.3, 0.4) is 0 Å². The molecule has 24 heavy (non-hydrogen) atoms. The van der Waals surface area contributed by atoms with Gasteiger partial charge in [-0.15, -0.1) is 6.58 Å². The standard InChI is InChI=1S/C20H29N3S/c1-4-8-23-18-6-5-7-19(23)13-17(12-18)22-20(24)21-16-10-14(2)9-15(3)11-16/h4,9-11,17-19H,1,5-8,12-13H2,2-3H3,(H2,21,22,24)/t18-,19-/m0/s1. The number of aryl methyl sites for hydroxylation is 2. The second kappa shape index (κ2) is 7.66. The van der Waals surface area contributed by atoms with Crippen LogP contribution in [-0.4, -0.2) is 34.7 Å². The minimum absolute atomic E-state index is 0.479. The van der Waals surface area contributed by atoms with E-state index in [4.69, 9.17) is 12.2 Å². The van der Waals surface area contributed by atoms with Crippen molar-refractivity contribution in [2.45, 2.75) is 64.1 Å². The van der Waals surface area contributed by atoms with E-state index in [0.717, 1.165) is 17.3 Å². The Morgan fingerprint density at radius 1 is 1.21 bits per heavy atom. The van der Waals surface area contributed by atoms with Gasteiger partial charge in [-0.25, -0.2) is 0 Å². The molecule has 2 aliphatic heterocycles. The van der Waals surface area contributed by atoms with Gasteiger partial charge in [-0.1, -0.05) is 18.6 Å². The molecule has 0 radical (unpaired) electrons. The van der Waals surface area contributed by atoms with E-state index in [-0.39, 0.29) is 0 Å². The van der Waals surface area contributed by atoms with Gasteiger partial charge in [-0.3, -0.25) is 4.90 Å². The maximum absolute atomic E-state index is 5.56. The first kappa shape index (κ1) is 17.4. The molecule has 0 saturated carbocycles. The molecule has 0 unspecified atom stereocenters. The first-order valence-corrected chi connectivity index (χ1v) is 9.48. The Hall–Kier alpha value is -1.39. The number of piperidine rings is 2. The van der Waals surface area contributed by atoms with Crippen molar-refractivity contribution in [1.82, 2.24) is 10.2 Å². The molecule has 2 aliphatic rings. The van der Waals surface area contributed by atoms with Crippen molar-refractivity contribution in [3.63, 3.8) is 0 Å². The lowest BCUT2D eigenvalue weighted by Crippen LogP contribution is -2.57. The highest BCUT2D eigenvalue weighted by Crippen LogP contribution is 2.33. The zero-order chi connectivity index (χ0) is 17.1. The molecule has 2 heterocycles. The fourth-order valence-corrected chi connectivity index (χ4v) is 4.73. The zero-order valence-electron chi connectivity index (χ0n) is 14.8. The van der Waals surface area contributed by atoms with Gasteiger partial charge in [0.1, 0.15) is 0 Å². The van der Waals surface area contributed by atoms with E-state index < -0.39 is 0 Å². The van der Waals surface area contributed by atoms with Gasteiger partial charge in [0, 0.05) is 30.4 Å². The maximum Gasteiger partial charge on any atom is 0.170 e. The Labute approximate surface area is 151 Å². The average molecular weight is 344 g/mol. The van der Waals surface area contributed by atoms with E-state index in [1.54, 1.807) is 0 Å². The molecule has 2 saturated heterocycles. The number of thiocarbonyl (C=S) groups is 1. The van der Waals surface area contributed by atoms with Gasteiger partial charge in [0.2, 0.25) is 0 Å². The summed E-state index contributed by atoms with van der Waals surface area (Å²) in [5.74, 6) is 0. The van der Waals surface area contributed by atoms with Crippen molar-refractivity contribution in [3.8, 4) is 0 Å². The summed E-state index contributed by atoms with van der Waals surface area (Å²) < 4.78 is 0. The summed E-state index contributed by atoms with van der Waals surface area (Å²) >= 11 is 5.56. The lowest BCUT2D eigenvalue weighted by molar-refractivity contribution is 0.0389. The van der Waals surface area contributed by atoms with Crippen molar-refractivity contribution in [3.05, 3.63) is 42.0 Å². The van der Waals surface area contributed by atoms with Crippen molar-refractivity contribution < 1.29 is 0 Å². The summed E-state index contributed by atoms with van der Waals surface area (Å²) in [6.07, 6.45) is 8.38. The Balaban J connectivity index is 1.58. The topological polar surface area (TPSA) is 27.3 Å². The summed E-state index contributed by atoms with van der Waals surface area (Å²) in [6, 6.07) is 8.30. The quantitative estimate of drug-likeness (QED) is 0.634. The number of benzene rings is 1. The Morgan fingerprint density at radius 3 is 2.42 bits per heavy atom. The summed E-state index contributed by atoms with van der Waals surface area (Å²) in [4.78, 5) is 2.65. The first-order chi connectivity index (χ1) is 11.5. The number of fused-ring (bicyclic) bond motifs is 2. The fraction of sp³-hybridized carbons (Fsp3) is 0.550. The molecule has 0 amide bonds. The molecule has 2 fully saturated rings. The van der Waals surface area contributed by atoms with Crippen molar-refractivity contribution in [2.24, 2.45) is 0 Å². The number of hydrogen-bond acceptors (Lipinski definition) is 2. The van der Waals surface area contributed by atoms with Gasteiger partial charge >= 0.3 is 0 Å². The third-order valence-corrected chi connectivity index (χ3v) is 5.50. The first-order valence-electron chi connectivity index (χ1n) is 9.07. The molecule has 0 spiro atoms. The Bertz CT molecular complexity index is 579. The second-order valence-electron chi connectivity index (χ2n) is 7.37. The molecular weight excluding hydrogens is 314 g/mol. The molecule has 4 heteroatoms. The lowest BCUT2D eigenvalue weighted by Gasteiger charge is -2.48. The van der Waals surface area contributed by atoms with E-state index >= 15 is 0 Å². The van der Waals surface area contributed by atoms with Crippen LogP contribution >= 0.6 is 12.2 Å². The summed E-state index contributed by atoms with van der Waals surface area (Å²) in [5, 5.41) is 7.68. The number of hydrogen-bond donors (Lipinski definition) is 2. The van der Waals surface area contributed by atoms with Gasteiger partial charge in [0.15, 0.2) is 5.11 Å². The van der Waals surface area contributed by atoms with Crippen LogP contribution in [0.25, 0.3) is 0 Å². The molecule has 3 rings (SSSR count). The number of rotatable bonds is 4. The highest BCUT2D eigenvalue weighted by atomic mass is 32.1. The Morgan fingerprint density at radius 2 is 1.83 bits per heavy atom. The molecule has 0 aliphatic carbocycles. The predicted octanol–water partition coefficient (Wildman–Crippen LogP) is 4.16. The van der Waals surface area contributed by atoms with Crippen LogP contribution < -0.4 is 10.6 Å². The molecule has 0 aromatic heterocycles. The van der Waals surface area contributed by atoms with Gasteiger partial charge in [0.05, 0.1) is 0 Å².